The lowest BCUT2D eigenvalue weighted by atomic mass is 9.79. The summed E-state index contributed by atoms with van der Waals surface area (Å²) >= 11 is 0. The SMILES string of the molecule is CC1CCC(c2ccc(-c3cc(F)c(C(F)(F)Oc4ccc(OC(F)(F)F)cc4)c(F)c3)cc2)CC1. The van der Waals surface area contributed by atoms with Crippen LogP contribution in [-0.2, 0) is 6.11 Å². The molecule has 36 heavy (non-hydrogen) atoms. The first-order valence-corrected chi connectivity index (χ1v) is 11.4. The molecular weight excluding hydrogens is 489 g/mol. The van der Waals surface area contributed by atoms with Crippen molar-refractivity contribution in [2.45, 2.75) is 51.0 Å². The minimum absolute atomic E-state index is 0.0852. The van der Waals surface area contributed by atoms with E-state index in [0.29, 0.717) is 17.4 Å². The molecule has 0 spiro atoms. The first-order chi connectivity index (χ1) is 16.9. The summed E-state index contributed by atoms with van der Waals surface area (Å²) in [4.78, 5) is 0. The molecule has 9 heteroatoms. The molecule has 0 aliphatic heterocycles. The Hall–Kier alpha value is -3.23. The van der Waals surface area contributed by atoms with Crippen LogP contribution in [0, 0.1) is 17.6 Å². The first-order valence-electron chi connectivity index (χ1n) is 11.4. The normalized spacial score (nSPS) is 18.7. The largest absolute Gasteiger partial charge is 0.573 e. The Bertz CT molecular complexity index is 1160. The van der Waals surface area contributed by atoms with Gasteiger partial charge in [0.2, 0.25) is 0 Å². The lowest BCUT2D eigenvalue weighted by Crippen LogP contribution is -2.25. The second-order valence-corrected chi connectivity index (χ2v) is 9.03. The molecule has 0 atom stereocenters. The maximum Gasteiger partial charge on any atom is 0.573 e. The van der Waals surface area contributed by atoms with E-state index in [2.05, 4.69) is 16.4 Å². The van der Waals surface area contributed by atoms with Gasteiger partial charge in [0.1, 0.15) is 28.7 Å². The smallest absolute Gasteiger partial charge is 0.429 e. The maximum atomic E-state index is 14.7. The standard InChI is InChI=1S/C27H23F7O2/c1-16-2-4-17(5-3-16)18-6-8-19(9-7-18)20-14-23(28)25(24(29)15-20)26(30,31)35-21-10-12-22(13-11-21)36-27(32,33)34/h6-17H,2-5H2,1H3. The van der Waals surface area contributed by atoms with Crippen LogP contribution in [0.3, 0.4) is 0 Å². The zero-order valence-electron chi connectivity index (χ0n) is 19.2. The third-order valence-electron chi connectivity index (χ3n) is 6.37. The molecule has 192 valence electrons. The second kappa shape index (κ2) is 10.0. The molecular formula is C27H23F7O2. The van der Waals surface area contributed by atoms with Crippen LogP contribution in [0.4, 0.5) is 30.7 Å². The molecule has 0 unspecified atom stereocenters. The van der Waals surface area contributed by atoms with Crippen molar-refractivity contribution in [3.8, 4) is 22.6 Å². The molecule has 0 aromatic heterocycles. The van der Waals surface area contributed by atoms with Gasteiger partial charge in [-0.2, -0.15) is 8.78 Å². The van der Waals surface area contributed by atoms with E-state index >= 15 is 0 Å². The molecule has 0 bridgehead atoms. The number of hydrogen-bond acceptors (Lipinski definition) is 2. The van der Waals surface area contributed by atoms with Crippen LogP contribution < -0.4 is 9.47 Å². The van der Waals surface area contributed by atoms with E-state index in [0.717, 1.165) is 67.6 Å². The fourth-order valence-corrected chi connectivity index (χ4v) is 4.47. The van der Waals surface area contributed by atoms with Gasteiger partial charge in [-0.15, -0.1) is 13.2 Å². The highest BCUT2D eigenvalue weighted by molar-refractivity contribution is 5.64. The van der Waals surface area contributed by atoms with E-state index in [4.69, 9.17) is 0 Å². The van der Waals surface area contributed by atoms with Gasteiger partial charge >= 0.3 is 12.5 Å². The fourth-order valence-electron chi connectivity index (χ4n) is 4.47. The highest BCUT2D eigenvalue weighted by Gasteiger charge is 2.41. The molecule has 3 aromatic rings. The average molecular weight is 512 g/mol. The third kappa shape index (κ3) is 6.12. The molecule has 1 saturated carbocycles. The predicted octanol–water partition coefficient (Wildman–Crippen LogP) is 8.95. The van der Waals surface area contributed by atoms with Crippen LogP contribution in [-0.4, -0.2) is 6.36 Å². The van der Waals surface area contributed by atoms with Crippen molar-refractivity contribution < 1.29 is 40.2 Å². The number of alkyl halides is 5. The highest BCUT2D eigenvalue weighted by Crippen LogP contribution is 2.39. The van der Waals surface area contributed by atoms with Crippen molar-refractivity contribution in [2.75, 3.05) is 0 Å². The Morgan fingerprint density at radius 1 is 0.667 bits per heavy atom. The molecule has 0 N–H and O–H groups in total. The van der Waals surface area contributed by atoms with E-state index in [1.165, 1.54) is 0 Å². The zero-order chi connectivity index (χ0) is 26.1. The van der Waals surface area contributed by atoms with Crippen molar-refractivity contribution in [1.29, 1.82) is 0 Å². The lowest BCUT2D eigenvalue weighted by Gasteiger charge is -2.26. The molecule has 1 fully saturated rings. The van der Waals surface area contributed by atoms with E-state index < -0.39 is 41.2 Å². The van der Waals surface area contributed by atoms with E-state index in [1.54, 1.807) is 12.1 Å². The van der Waals surface area contributed by atoms with Gasteiger partial charge < -0.3 is 9.47 Å². The minimum atomic E-state index is -4.96. The summed E-state index contributed by atoms with van der Waals surface area (Å²) in [5, 5.41) is 0. The summed E-state index contributed by atoms with van der Waals surface area (Å²) < 4.78 is 103. The maximum absolute atomic E-state index is 14.7. The molecule has 0 radical (unpaired) electrons. The Labute approximate surface area is 203 Å². The summed E-state index contributed by atoms with van der Waals surface area (Å²) in [6, 6.07) is 11.8. The summed E-state index contributed by atoms with van der Waals surface area (Å²) in [5.41, 5.74) is 0.0865. The average Bonchev–Trinajstić information content (AvgIpc) is 2.79. The predicted molar refractivity (Wildman–Crippen MR) is 120 cm³/mol. The summed E-state index contributed by atoms with van der Waals surface area (Å²) in [5.74, 6) is -3.17. The van der Waals surface area contributed by atoms with Crippen molar-refractivity contribution >= 4 is 0 Å². The Kier molecular flexibility index (Phi) is 7.20. The molecule has 0 saturated heterocycles. The van der Waals surface area contributed by atoms with Crippen molar-refractivity contribution in [1.82, 2.24) is 0 Å². The van der Waals surface area contributed by atoms with E-state index in [-0.39, 0.29) is 5.56 Å². The van der Waals surface area contributed by atoms with Crippen molar-refractivity contribution in [2.24, 2.45) is 5.92 Å². The van der Waals surface area contributed by atoms with Gasteiger partial charge in [-0.25, -0.2) is 8.78 Å². The van der Waals surface area contributed by atoms with Gasteiger partial charge in [-0.05, 0) is 77.8 Å². The van der Waals surface area contributed by atoms with Crippen LogP contribution in [0.15, 0.2) is 60.7 Å². The Morgan fingerprint density at radius 3 is 1.67 bits per heavy atom. The zero-order valence-corrected chi connectivity index (χ0v) is 19.2. The van der Waals surface area contributed by atoms with Crippen molar-refractivity contribution in [3.05, 3.63) is 83.4 Å². The Morgan fingerprint density at radius 2 is 1.17 bits per heavy atom. The van der Waals surface area contributed by atoms with E-state index in [9.17, 15) is 30.7 Å². The number of halogens is 7. The molecule has 3 aromatic carbocycles. The topological polar surface area (TPSA) is 18.5 Å². The second-order valence-electron chi connectivity index (χ2n) is 9.03. The fraction of sp³-hybridized carbons (Fsp3) is 0.333. The van der Waals surface area contributed by atoms with Gasteiger partial charge in [0.05, 0.1) is 0 Å². The monoisotopic (exact) mass is 512 g/mol. The molecule has 0 amide bonds. The van der Waals surface area contributed by atoms with Crippen LogP contribution >= 0.6 is 0 Å². The highest BCUT2D eigenvalue weighted by atomic mass is 19.4. The van der Waals surface area contributed by atoms with Crippen LogP contribution in [0.25, 0.3) is 11.1 Å². The number of rotatable bonds is 6. The summed E-state index contributed by atoms with van der Waals surface area (Å²) in [7, 11) is 0. The summed E-state index contributed by atoms with van der Waals surface area (Å²) in [6.45, 7) is 2.23. The molecule has 1 aliphatic rings. The van der Waals surface area contributed by atoms with Crippen LogP contribution in [0.2, 0.25) is 0 Å². The minimum Gasteiger partial charge on any atom is -0.429 e. The van der Waals surface area contributed by atoms with Gasteiger partial charge in [0.25, 0.3) is 0 Å². The van der Waals surface area contributed by atoms with E-state index in [1.807, 2.05) is 12.1 Å². The van der Waals surface area contributed by atoms with Crippen molar-refractivity contribution in [3.63, 3.8) is 0 Å². The number of hydrogen-bond donors (Lipinski definition) is 0. The first kappa shape index (κ1) is 25.9. The molecule has 0 heterocycles. The molecule has 4 rings (SSSR count). The van der Waals surface area contributed by atoms with Gasteiger partial charge in [-0.1, -0.05) is 44.0 Å². The van der Waals surface area contributed by atoms with Gasteiger partial charge in [0, 0.05) is 0 Å². The lowest BCUT2D eigenvalue weighted by molar-refractivity contribution is -0.274. The third-order valence-corrected chi connectivity index (χ3v) is 6.37. The van der Waals surface area contributed by atoms with Crippen LogP contribution in [0.1, 0.15) is 49.7 Å². The van der Waals surface area contributed by atoms with Gasteiger partial charge in [0.15, 0.2) is 0 Å². The quantitative estimate of drug-likeness (QED) is 0.307. The number of benzene rings is 3. The summed E-state index contributed by atoms with van der Waals surface area (Å²) in [6.07, 6.45) is -4.95. The van der Waals surface area contributed by atoms with Gasteiger partial charge in [-0.3, -0.25) is 0 Å². The molecule has 1 aliphatic carbocycles. The number of ether oxygens (including phenoxy) is 2. The Balaban J connectivity index is 1.51. The molecule has 2 nitrogen and oxygen atoms in total. The van der Waals surface area contributed by atoms with Crippen LogP contribution in [0.5, 0.6) is 11.5 Å².